The topological polar surface area (TPSA) is 62.7 Å². The first-order valence-corrected chi connectivity index (χ1v) is 7.55. The number of nitrogens with one attached hydrogen (secondary N) is 2. The van der Waals surface area contributed by atoms with Crippen molar-refractivity contribution in [2.45, 2.75) is 26.4 Å². The summed E-state index contributed by atoms with van der Waals surface area (Å²) in [4.78, 5) is 15.5. The molecule has 0 saturated carbocycles. The lowest BCUT2D eigenvalue weighted by Gasteiger charge is -2.13. The van der Waals surface area contributed by atoms with E-state index in [2.05, 4.69) is 27.5 Å². The van der Waals surface area contributed by atoms with Crippen LogP contribution in [0.2, 0.25) is 0 Å². The van der Waals surface area contributed by atoms with E-state index in [1.807, 2.05) is 26.0 Å². The van der Waals surface area contributed by atoms with Crippen molar-refractivity contribution in [2.75, 3.05) is 6.67 Å². The zero-order valence-corrected chi connectivity index (χ0v) is 13.1. The number of amides is 1. The second-order valence-electron chi connectivity index (χ2n) is 5.68. The average Bonchev–Trinajstić information content (AvgIpc) is 3.12. The smallest absolute Gasteiger partial charge is 0.254 e. The number of nitrogens with zero attached hydrogens (tertiary/aromatic N) is 2. The van der Waals surface area contributed by atoms with Crippen LogP contribution in [0.25, 0.3) is 10.9 Å². The van der Waals surface area contributed by atoms with Crippen molar-refractivity contribution < 1.29 is 9.18 Å². The molecule has 0 radical (unpaired) electrons. The van der Waals surface area contributed by atoms with E-state index in [1.165, 1.54) is 10.9 Å². The van der Waals surface area contributed by atoms with Crippen molar-refractivity contribution >= 4 is 16.8 Å². The maximum Gasteiger partial charge on any atom is 0.254 e. The molecule has 0 bridgehead atoms. The Hall–Kier alpha value is -2.63. The Morgan fingerprint density at radius 3 is 3.04 bits per heavy atom. The zero-order valence-electron chi connectivity index (χ0n) is 13.1. The Morgan fingerprint density at radius 1 is 1.43 bits per heavy atom. The predicted molar refractivity (Wildman–Crippen MR) is 87.1 cm³/mol. The van der Waals surface area contributed by atoms with E-state index in [0.717, 1.165) is 22.2 Å². The number of rotatable bonds is 5. The first kappa shape index (κ1) is 15.3. The molecule has 2 heterocycles. The van der Waals surface area contributed by atoms with Gasteiger partial charge in [-0.2, -0.15) is 5.10 Å². The monoisotopic (exact) mass is 314 g/mol. The molecule has 0 saturated heterocycles. The van der Waals surface area contributed by atoms with Crippen LogP contribution in [0.15, 0.2) is 36.7 Å². The highest BCUT2D eigenvalue weighted by Gasteiger charge is 2.14. The van der Waals surface area contributed by atoms with E-state index >= 15 is 0 Å². The fourth-order valence-corrected chi connectivity index (χ4v) is 2.62. The third-order valence-corrected chi connectivity index (χ3v) is 3.84. The first-order valence-electron chi connectivity index (χ1n) is 7.55. The van der Waals surface area contributed by atoms with Crippen molar-refractivity contribution in [3.05, 3.63) is 53.5 Å². The van der Waals surface area contributed by atoms with Gasteiger partial charge in [-0.05, 0) is 43.0 Å². The van der Waals surface area contributed by atoms with E-state index in [1.54, 1.807) is 6.20 Å². The number of halogens is 1. The molecule has 0 spiro atoms. The van der Waals surface area contributed by atoms with Crippen LogP contribution in [-0.4, -0.2) is 27.3 Å². The average molecular weight is 314 g/mol. The number of hydrogen-bond donors (Lipinski definition) is 2. The van der Waals surface area contributed by atoms with Gasteiger partial charge >= 0.3 is 0 Å². The summed E-state index contributed by atoms with van der Waals surface area (Å²) in [6.45, 7) is 3.60. The van der Waals surface area contributed by atoms with Gasteiger partial charge in [0.15, 0.2) is 0 Å². The largest absolute Gasteiger partial charge is 0.359 e. The molecule has 3 rings (SSSR count). The number of carbonyl (C=O) groups excluding carboxylic acids is 1. The second-order valence-corrected chi connectivity index (χ2v) is 5.68. The van der Waals surface area contributed by atoms with E-state index in [0.29, 0.717) is 5.56 Å². The number of aryl methyl sites for hydroxylation is 2. The summed E-state index contributed by atoms with van der Waals surface area (Å²) in [5, 5.41) is 8.03. The summed E-state index contributed by atoms with van der Waals surface area (Å²) in [7, 11) is 0. The molecule has 0 aliphatic heterocycles. The molecule has 0 aliphatic rings. The zero-order chi connectivity index (χ0) is 16.4. The Morgan fingerprint density at radius 2 is 2.26 bits per heavy atom. The molecule has 2 N–H and O–H groups in total. The van der Waals surface area contributed by atoms with Gasteiger partial charge in [0.1, 0.15) is 6.67 Å². The van der Waals surface area contributed by atoms with Crippen molar-refractivity contribution in [3.63, 3.8) is 0 Å². The molecule has 0 fully saturated rings. The van der Waals surface area contributed by atoms with Crippen LogP contribution in [-0.2, 0) is 6.54 Å². The first-order chi connectivity index (χ1) is 11.1. The molecule has 0 unspecified atom stereocenters. The highest BCUT2D eigenvalue weighted by molar-refractivity contribution is 5.94. The van der Waals surface area contributed by atoms with E-state index in [9.17, 15) is 9.18 Å². The number of carbonyl (C=O) groups is 1. The molecule has 0 aliphatic carbocycles. The Balaban J connectivity index is 1.73. The normalized spacial score (nSPS) is 12.5. The molecule has 2 aromatic heterocycles. The standard InChI is InChI=1S/C17H19FN4O/c1-11-7-14-8-13(3-4-16(14)20-11)12(2)21-17(23)15-9-19-22(10-15)6-5-18/h3-4,7-10,12,20H,5-6H2,1-2H3,(H,21,23)/t12-/m1/s1. The fourth-order valence-electron chi connectivity index (χ4n) is 2.62. The van der Waals surface area contributed by atoms with Gasteiger partial charge in [-0.15, -0.1) is 0 Å². The summed E-state index contributed by atoms with van der Waals surface area (Å²) >= 11 is 0. The number of benzene rings is 1. The van der Waals surface area contributed by atoms with E-state index < -0.39 is 6.67 Å². The molecule has 5 nitrogen and oxygen atoms in total. The Bertz CT molecular complexity index is 836. The third-order valence-electron chi connectivity index (χ3n) is 3.84. The summed E-state index contributed by atoms with van der Waals surface area (Å²) < 4.78 is 13.7. The Kier molecular flexibility index (Phi) is 4.14. The number of H-pyrrole nitrogens is 1. The van der Waals surface area contributed by atoms with E-state index in [-0.39, 0.29) is 18.5 Å². The highest BCUT2D eigenvalue weighted by atomic mass is 19.1. The van der Waals surface area contributed by atoms with Crippen molar-refractivity contribution in [2.24, 2.45) is 0 Å². The molecule has 3 aromatic rings. The van der Waals surface area contributed by atoms with Crippen LogP contribution in [0, 0.1) is 6.92 Å². The summed E-state index contributed by atoms with van der Waals surface area (Å²) in [6.07, 6.45) is 3.01. The number of aromatic nitrogens is 3. The number of alkyl halides is 1. The van der Waals surface area contributed by atoms with Crippen LogP contribution in [0.5, 0.6) is 0 Å². The molecule has 120 valence electrons. The summed E-state index contributed by atoms with van der Waals surface area (Å²) in [6, 6.07) is 8.02. The predicted octanol–water partition coefficient (Wildman–Crippen LogP) is 3.13. The molecule has 1 aromatic carbocycles. The van der Waals surface area contributed by atoms with Crippen LogP contribution in [0.1, 0.15) is 34.6 Å². The highest BCUT2D eigenvalue weighted by Crippen LogP contribution is 2.21. The van der Waals surface area contributed by atoms with Gasteiger partial charge in [-0.3, -0.25) is 9.48 Å². The molecular weight excluding hydrogens is 295 g/mol. The van der Waals surface area contributed by atoms with Gasteiger partial charge in [-0.1, -0.05) is 6.07 Å². The van der Waals surface area contributed by atoms with Crippen LogP contribution < -0.4 is 5.32 Å². The minimum Gasteiger partial charge on any atom is -0.359 e. The molecule has 1 atom stereocenters. The SMILES string of the molecule is Cc1cc2cc([C@@H](C)NC(=O)c3cnn(CCF)c3)ccc2[nH]1. The molecule has 23 heavy (non-hydrogen) atoms. The van der Waals surface area contributed by atoms with Gasteiger partial charge in [0, 0.05) is 17.4 Å². The van der Waals surface area contributed by atoms with Crippen molar-refractivity contribution in [1.29, 1.82) is 0 Å². The second kappa shape index (κ2) is 6.24. The van der Waals surface area contributed by atoms with Gasteiger partial charge in [0.25, 0.3) is 5.91 Å². The van der Waals surface area contributed by atoms with Crippen molar-refractivity contribution in [3.8, 4) is 0 Å². The van der Waals surface area contributed by atoms with Gasteiger partial charge in [0.05, 0.1) is 24.3 Å². The lowest BCUT2D eigenvalue weighted by Crippen LogP contribution is -2.26. The van der Waals surface area contributed by atoms with Crippen LogP contribution >= 0.6 is 0 Å². The molecule has 1 amide bonds. The summed E-state index contributed by atoms with van der Waals surface area (Å²) in [5.41, 5.74) is 3.65. The maximum absolute atomic E-state index is 12.3. The third kappa shape index (κ3) is 3.26. The number of aromatic amines is 1. The minimum absolute atomic E-state index is 0.133. The van der Waals surface area contributed by atoms with Crippen molar-refractivity contribution in [1.82, 2.24) is 20.1 Å². The van der Waals surface area contributed by atoms with Gasteiger partial charge < -0.3 is 10.3 Å². The maximum atomic E-state index is 12.3. The van der Waals surface area contributed by atoms with E-state index in [4.69, 9.17) is 0 Å². The Labute approximate surface area is 133 Å². The fraction of sp³-hybridized carbons (Fsp3) is 0.294. The van der Waals surface area contributed by atoms with Gasteiger partial charge in [-0.25, -0.2) is 4.39 Å². The van der Waals surface area contributed by atoms with Crippen LogP contribution in [0.3, 0.4) is 0 Å². The lowest BCUT2D eigenvalue weighted by molar-refractivity contribution is 0.0939. The number of hydrogen-bond acceptors (Lipinski definition) is 2. The molecular formula is C17H19FN4O. The van der Waals surface area contributed by atoms with Crippen LogP contribution in [0.4, 0.5) is 4.39 Å². The quantitative estimate of drug-likeness (QED) is 0.760. The minimum atomic E-state index is -0.505. The lowest BCUT2D eigenvalue weighted by atomic mass is 10.1. The summed E-state index contributed by atoms with van der Waals surface area (Å²) in [5.74, 6) is -0.215. The van der Waals surface area contributed by atoms with Gasteiger partial charge in [0.2, 0.25) is 0 Å². The molecule has 6 heteroatoms. The number of fused-ring (bicyclic) bond motifs is 1.